The zero-order valence-corrected chi connectivity index (χ0v) is 14.1. The smallest absolute Gasteiger partial charge is 0.266 e. The highest BCUT2D eigenvalue weighted by Crippen LogP contribution is 2.35. The number of rotatable bonds is 5. The minimum Gasteiger partial charge on any atom is -0.548 e. The van der Waals surface area contributed by atoms with Crippen molar-refractivity contribution >= 4 is 46.3 Å². The number of phenolic OH excluding ortho intramolecular Hbond substituents is 1. The Kier molecular flexibility index (Phi) is 5.27. The number of carboxylic acids is 1. The molecule has 1 saturated heterocycles. The Balaban J connectivity index is 2.31. The summed E-state index contributed by atoms with van der Waals surface area (Å²) in [6.07, 6.45) is 1.57. The minimum absolute atomic E-state index is 0.00197. The van der Waals surface area contributed by atoms with Gasteiger partial charge in [-0.05, 0) is 37.6 Å². The molecule has 1 heterocycles. The van der Waals surface area contributed by atoms with Crippen LogP contribution in [0.4, 0.5) is 0 Å². The third-order valence-corrected chi connectivity index (χ3v) is 4.46. The van der Waals surface area contributed by atoms with Crippen LogP contribution in [0.25, 0.3) is 6.08 Å². The molecule has 1 aromatic rings. The molecule has 1 aliphatic heterocycles. The standard InChI is InChI=1S/C15H15NO5S2/c1-3-21-11-6-9(4-5-10(11)17)7-12-13(18)16(15(22)23-12)8(2)14(19)20/h4-8,17H,3H2,1-2H3,(H,19,20)/p-1/b12-7+/t8-/m0/s1. The van der Waals surface area contributed by atoms with Crippen molar-refractivity contribution < 1.29 is 24.5 Å². The molecule has 1 atom stereocenters. The number of benzene rings is 1. The number of amides is 1. The maximum Gasteiger partial charge on any atom is 0.266 e. The average molecular weight is 352 g/mol. The van der Waals surface area contributed by atoms with Gasteiger partial charge >= 0.3 is 0 Å². The lowest BCUT2D eigenvalue weighted by Gasteiger charge is -2.23. The van der Waals surface area contributed by atoms with E-state index in [-0.39, 0.29) is 10.1 Å². The zero-order chi connectivity index (χ0) is 17.1. The average Bonchev–Trinajstić information content (AvgIpc) is 2.76. The Bertz CT molecular complexity index is 701. The van der Waals surface area contributed by atoms with Crippen molar-refractivity contribution in [3.8, 4) is 11.5 Å². The van der Waals surface area contributed by atoms with Gasteiger partial charge in [0.25, 0.3) is 5.91 Å². The molecule has 23 heavy (non-hydrogen) atoms. The molecule has 1 fully saturated rings. The Labute approximate surface area is 142 Å². The summed E-state index contributed by atoms with van der Waals surface area (Å²) in [5.74, 6) is -1.55. The first-order valence-electron chi connectivity index (χ1n) is 6.79. The topological polar surface area (TPSA) is 89.9 Å². The van der Waals surface area contributed by atoms with Gasteiger partial charge in [-0.15, -0.1) is 0 Å². The summed E-state index contributed by atoms with van der Waals surface area (Å²) in [4.78, 5) is 24.6. The van der Waals surface area contributed by atoms with Crippen LogP contribution in [0, 0.1) is 0 Å². The Morgan fingerprint density at radius 2 is 2.26 bits per heavy atom. The summed E-state index contributed by atoms with van der Waals surface area (Å²) in [6, 6.07) is 3.54. The summed E-state index contributed by atoms with van der Waals surface area (Å²) >= 11 is 6.09. The van der Waals surface area contributed by atoms with Gasteiger partial charge in [0.2, 0.25) is 0 Å². The lowest BCUT2D eigenvalue weighted by molar-refractivity contribution is -0.309. The molecule has 0 spiro atoms. The second-order valence-electron chi connectivity index (χ2n) is 4.71. The van der Waals surface area contributed by atoms with Gasteiger partial charge in [0, 0.05) is 0 Å². The van der Waals surface area contributed by atoms with Crippen LogP contribution in [0.1, 0.15) is 19.4 Å². The Morgan fingerprint density at radius 1 is 1.57 bits per heavy atom. The second kappa shape index (κ2) is 7.01. The number of hydrogen-bond acceptors (Lipinski definition) is 7. The molecule has 0 unspecified atom stereocenters. The molecular formula is C15H14NO5S2-. The molecule has 1 amide bonds. The van der Waals surface area contributed by atoms with Crippen LogP contribution in [0.15, 0.2) is 23.1 Å². The maximum absolute atomic E-state index is 12.3. The fraction of sp³-hybridized carbons (Fsp3) is 0.267. The lowest BCUT2D eigenvalue weighted by Crippen LogP contribution is -2.48. The number of nitrogens with zero attached hydrogens (tertiary/aromatic N) is 1. The third-order valence-electron chi connectivity index (χ3n) is 3.13. The molecule has 1 aliphatic rings. The zero-order valence-electron chi connectivity index (χ0n) is 12.4. The van der Waals surface area contributed by atoms with E-state index in [4.69, 9.17) is 17.0 Å². The van der Waals surface area contributed by atoms with Gasteiger partial charge < -0.3 is 19.7 Å². The first-order chi connectivity index (χ1) is 10.8. The van der Waals surface area contributed by atoms with Gasteiger partial charge in [-0.2, -0.15) is 0 Å². The van der Waals surface area contributed by atoms with Crippen molar-refractivity contribution in [3.05, 3.63) is 28.7 Å². The van der Waals surface area contributed by atoms with Crippen molar-refractivity contribution in [2.45, 2.75) is 19.9 Å². The van der Waals surface area contributed by atoms with E-state index < -0.39 is 17.9 Å². The highest BCUT2D eigenvalue weighted by atomic mass is 32.2. The number of aromatic hydroxyl groups is 1. The number of carbonyl (C=O) groups is 2. The van der Waals surface area contributed by atoms with Crippen molar-refractivity contribution in [2.75, 3.05) is 6.61 Å². The number of thiocarbonyl (C=S) groups is 1. The summed E-state index contributed by atoms with van der Waals surface area (Å²) in [6.45, 7) is 3.53. The second-order valence-corrected chi connectivity index (χ2v) is 6.38. The normalized spacial score (nSPS) is 17.7. The quantitative estimate of drug-likeness (QED) is 0.627. The molecule has 0 aliphatic carbocycles. The first-order valence-corrected chi connectivity index (χ1v) is 8.01. The van der Waals surface area contributed by atoms with Crippen LogP contribution in [0.2, 0.25) is 0 Å². The third kappa shape index (κ3) is 3.65. The molecule has 8 heteroatoms. The van der Waals surface area contributed by atoms with E-state index in [0.29, 0.717) is 22.8 Å². The number of carbonyl (C=O) groups excluding carboxylic acids is 2. The van der Waals surface area contributed by atoms with Crippen LogP contribution in [0.5, 0.6) is 11.5 Å². The molecular weight excluding hydrogens is 338 g/mol. The van der Waals surface area contributed by atoms with E-state index >= 15 is 0 Å². The molecule has 1 aromatic carbocycles. The summed E-state index contributed by atoms with van der Waals surface area (Å²) in [5.41, 5.74) is 0.632. The highest BCUT2D eigenvalue weighted by Gasteiger charge is 2.35. The van der Waals surface area contributed by atoms with Crippen LogP contribution < -0.4 is 9.84 Å². The SMILES string of the molecule is CCOc1cc(/C=C2/SC(=S)N([C@@H](C)C(=O)[O-])C2=O)ccc1O. The van der Waals surface area contributed by atoms with Gasteiger partial charge in [-0.25, -0.2) is 0 Å². The number of thioether (sulfide) groups is 1. The van der Waals surface area contributed by atoms with Crippen LogP contribution >= 0.6 is 24.0 Å². The van der Waals surface area contributed by atoms with Crippen LogP contribution in [-0.4, -0.2) is 38.9 Å². The monoisotopic (exact) mass is 352 g/mol. The van der Waals surface area contributed by atoms with E-state index in [9.17, 15) is 19.8 Å². The van der Waals surface area contributed by atoms with Crippen molar-refractivity contribution in [1.29, 1.82) is 0 Å². The maximum atomic E-state index is 12.3. The number of hydrogen-bond donors (Lipinski definition) is 1. The molecule has 122 valence electrons. The predicted molar refractivity (Wildman–Crippen MR) is 88.8 cm³/mol. The van der Waals surface area contributed by atoms with E-state index in [1.54, 1.807) is 25.1 Å². The van der Waals surface area contributed by atoms with Crippen LogP contribution in [0.3, 0.4) is 0 Å². The molecule has 0 radical (unpaired) electrons. The van der Waals surface area contributed by atoms with E-state index in [1.807, 2.05) is 0 Å². The van der Waals surface area contributed by atoms with Gasteiger partial charge in [-0.1, -0.05) is 30.0 Å². The van der Waals surface area contributed by atoms with E-state index in [1.165, 1.54) is 13.0 Å². The Hall–Kier alpha value is -2.06. The number of ether oxygens (including phenoxy) is 1. The lowest BCUT2D eigenvalue weighted by atomic mass is 10.2. The predicted octanol–water partition coefficient (Wildman–Crippen LogP) is 1.13. The number of carboxylic acid groups (broad SMARTS) is 1. The fourth-order valence-corrected chi connectivity index (χ4v) is 3.38. The minimum atomic E-state index is -1.37. The molecule has 0 bridgehead atoms. The van der Waals surface area contributed by atoms with Gasteiger partial charge in [0.1, 0.15) is 4.32 Å². The summed E-state index contributed by atoms with van der Waals surface area (Å²) < 4.78 is 5.46. The largest absolute Gasteiger partial charge is 0.548 e. The van der Waals surface area contributed by atoms with Crippen molar-refractivity contribution in [3.63, 3.8) is 0 Å². The molecule has 2 rings (SSSR count). The number of aliphatic carboxylic acids is 1. The summed E-state index contributed by atoms with van der Waals surface area (Å²) in [5, 5.41) is 20.6. The first kappa shape index (κ1) is 17.3. The molecule has 0 saturated carbocycles. The van der Waals surface area contributed by atoms with Crippen molar-refractivity contribution in [1.82, 2.24) is 4.90 Å². The Morgan fingerprint density at radius 3 is 2.87 bits per heavy atom. The fourth-order valence-electron chi connectivity index (χ4n) is 1.96. The van der Waals surface area contributed by atoms with E-state index in [0.717, 1.165) is 16.7 Å². The molecule has 0 aromatic heterocycles. The number of phenols is 1. The van der Waals surface area contributed by atoms with Gasteiger partial charge in [-0.3, -0.25) is 9.69 Å². The van der Waals surface area contributed by atoms with Gasteiger partial charge in [0.15, 0.2) is 11.5 Å². The summed E-state index contributed by atoms with van der Waals surface area (Å²) in [7, 11) is 0. The van der Waals surface area contributed by atoms with E-state index in [2.05, 4.69) is 0 Å². The molecule has 6 nitrogen and oxygen atoms in total. The van der Waals surface area contributed by atoms with Crippen molar-refractivity contribution in [2.24, 2.45) is 0 Å². The van der Waals surface area contributed by atoms with Gasteiger partial charge in [0.05, 0.1) is 23.5 Å². The van der Waals surface area contributed by atoms with Crippen LogP contribution in [-0.2, 0) is 9.59 Å². The highest BCUT2D eigenvalue weighted by molar-refractivity contribution is 8.26. The molecule has 1 N–H and O–H groups in total.